The van der Waals surface area contributed by atoms with E-state index in [9.17, 15) is 0 Å². The Bertz CT molecular complexity index is 444. The second kappa shape index (κ2) is 8.32. The summed E-state index contributed by atoms with van der Waals surface area (Å²) < 4.78 is 1.05. The first-order chi connectivity index (χ1) is 8.28. The van der Waals surface area contributed by atoms with Crippen LogP contribution in [-0.2, 0) is 6.42 Å². The molecule has 0 spiro atoms. The highest BCUT2D eigenvalue weighted by molar-refractivity contribution is 14.0. The second-order valence-electron chi connectivity index (χ2n) is 5.13. The van der Waals surface area contributed by atoms with Gasteiger partial charge >= 0.3 is 0 Å². The summed E-state index contributed by atoms with van der Waals surface area (Å²) in [5.41, 5.74) is 6.86. The molecule has 3 nitrogen and oxygen atoms in total. The van der Waals surface area contributed by atoms with Crippen LogP contribution in [0, 0.1) is 0 Å². The largest absolute Gasteiger partial charge is 0.370 e. The molecule has 6 heteroatoms. The first-order valence-electron chi connectivity index (χ1n) is 5.80. The van der Waals surface area contributed by atoms with Crippen LogP contribution in [0.15, 0.2) is 27.7 Å². The first kappa shape index (κ1) is 19.0. The number of halogens is 3. The van der Waals surface area contributed by atoms with Crippen LogP contribution in [0.5, 0.6) is 0 Å². The zero-order valence-electron chi connectivity index (χ0n) is 11.3. The van der Waals surface area contributed by atoms with Gasteiger partial charge in [0.15, 0.2) is 5.96 Å². The molecule has 0 aliphatic heterocycles. The standard InChI is InChI=1S/C13H19BrClN3.HI/c1-13(2,3)18-12(16)17-7-6-9-8-10(15)4-5-11(9)14;/h4-5,8H,6-7H2,1-3H3,(H3,16,17,18);1H. The van der Waals surface area contributed by atoms with Gasteiger partial charge in [-0.05, 0) is 51.0 Å². The van der Waals surface area contributed by atoms with Crippen molar-refractivity contribution in [1.29, 1.82) is 0 Å². The minimum absolute atomic E-state index is 0. The van der Waals surface area contributed by atoms with Crippen molar-refractivity contribution >= 4 is 57.5 Å². The third-order valence-corrected chi connectivity index (χ3v) is 3.18. The zero-order valence-corrected chi connectivity index (χ0v) is 16.0. The number of hydrogen-bond acceptors (Lipinski definition) is 1. The van der Waals surface area contributed by atoms with Crippen LogP contribution < -0.4 is 11.1 Å². The van der Waals surface area contributed by atoms with Gasteiger partial charge in [0.1, 0.15) is 0 Å². The monoisotopic (exact) mass is 459 g/mol. The lowest BCUT2D eigenvalue weighted by atomic mass is 10.1. The number of benzene rings is 1. The van der Waals surface area contributed by atoms with Gasteiger partial charge in [0.05, 0.1) is 0 Å². The summed E-state index contributed by atoms with van der Waals surface area (Å²) in [6.07, 6.45) is 0.799. The molecular formula is C13H20BrClIN3. The maximum Gasteiger partial charge on any atom is 0.188 e. The Morgan fingerprint density at radius 3 is 2.63 bits per heavy atom. The van der Waals surface area contributed by atoms with Crippen LogP contribution in [0.2, 0.25) is 5.02 Å². The predicted molar refractivity (Wildman–Crippen MR) is 97.6 cm³/mol. The van der Waals surface area contributed by atoms with Crippen molar-refractivity contribution < 1.29 is 0 Å². The fourth-order valence-corrected chi connectivity index (χ4v) is 2.10. The zero-order chi connectivity index (χ0) is 13.8. The highest BCUT2D eigenvalue weighted by atomic mass is 127. The molecule has 3 N–H and O–H groups in total. The Morgan fingerprint density at radius 1 is 1.42 bits per heavy atom. The average Bonchev–Trinajstić information content (AvgIpc) is 2.20. The lowest BCUT2D eigenvalue weighted by molar-refractivity contribution is 0.508. The Balaban J connectivity index is 0.00000324. The number of nitrogens with one attached hydrogen (secondary N) is 1. The van der Waals surface area contributed by atoms with Crippen molar-refractivity contribution in [1.82, 2.24) is 5.32 Å². The van der Waals surface area contributed by atoms with Gasteiger partial charge < -0.3 is 11.1 Å². The normalized spacial score (nSPS) is 11.9. The summed E-state index contributed by atoms with van der Waals surface area (Å²) in [6.45, 7) is 6.77. The van der Waals surface area contributed by atoms with Crippen molar-refractivity contribution in [3.63, 3.8) is 0 Å². The topological polar surface area (TPSA) is 50.4 Å². The van der Waals surface area contributed by atoms with Gasteiger partial charge in [-0.3, -0.25) is 4.99 Å². The number of guanidine groups is 1. The summed E-state index contributed by atoms with van der Waals surface area (Å²) >= 11 is 9.44. The van der Waals surface area contributed by atoms with Crippen LogP contribution >= 0.6 is 51.5 Å². The number of nitrogens with two attached hydrogens (primary N) is 1. The molecule has 1 rings (SSSR count). The minimum atomic E-state index is -0.0653. The van der Waals surface area contributed by atoms with Crippen molar-refractivity contribution in [2.45, 2.75) is 32.7 Å². The average molecular weight is 461 g/mol. The quantitative estimate of drug-likeness (QED) is 0.408. The SMILES string of the molecule is CC(C)(C)NC(N)=NCCc1cc(Cl)ccc1Br.I. The summed E-state index contributed by atoms with van der Waals surface area (Å²) in [6, 6.07) is 5.74. The molecule has 0 aliphatic carbocycles. The van der Waals surface area contributed by atoms with E-state index in [1.807, 2.05) is 39.0 Å². The Kier molecular flexibility index (Phi) is 8.31. The molecule has 1 aromatic carbocycles. The molecule has 0 saturated heterocycles. The molecular weight excluding hydrogens is 440 g/mol. The fourth-order valence-electron chi connectivity index (χ4n) is 1.46. The van der Waals surface area contributed by atoms with E-state index >= 15 is 0 Å². The van der Waals surface area contributed by atoms with E-state index in [0.29, 0.717) is 12.5 Å². The number of rotatable bonds is 3. The maximum atomic E-state index is 5.95. The van der Waals surface area contributed by atoms with Gasteiger partial charge in [-0.25, -0.2) is 0 Å². The summed E-state index contributed by atoms with van der Waals surface area (Å²) in [4.78, 5) is 4.29. The highest BCUT2D eigenvalue weighted by Gasteiger charge is 2.09. The van der Waals surface area contributed by atoms with Crippen LogP contribution in [0.3, 0.4) is 0 Å². The van der Waals surface area contributed by atoms with E-state index < -0.39 is 0 Å². The molecule has 0 aromatic heterocycles. The van der Waals surface area contributed by atoms with Crippen LogP contribution in [0.4, 0.5) is 0 Å². The molecule has 0 fully saturated rings. The van der Waals surface area contributed by atoms with Gasteiger partial charge in [0.25, 0.3) is 0 Å². The number of hydrogen-bond donors (Lipinski definition) is 2. The third kappa shape index (κ3) is 7.99. The van der Waals surface area contributed by atoms with Crippen LogP contribution in [0.25, 0.3) is 0 Å². The molecule has 1 aromatic rings. The van der Waals surface area contributed by atoms with E-state index in [0.717, 1.165) is 21.5 Å². The van der Waals surface area contributed by atoms with E-state index in [2.05, 4.69) is 26.2 Å². The van der Waals surface area contributed by atoms with Gasteiger partial charge in [-0.15, -0.1) is 24.0 Å². The number of aliphatic imine (C=N–C) groups is 1. The van der Waals surface area contributed by atoms with E-state index in [-0.39, 0.29) is 29.5 Å². The van der Waals surface area contributed by atoms with Gasteiger partial charge in [0, 0.05) is 21.6 Å². The molecule has 0 saturated carbocycles. The van der Waals surface area contributed by atoms with Gasteiger partial charge in [-0.2, -0.15) is 0 Å². The van der Waals surface area contributed by atoms with E-state index in [1.54, 1.807) is 0 Å². The highest BCUT2D eigenvalue weighted by Crippen LogP contribution is 2.21. The smallest absolute Gasteiger partial charge is 0.188 e. The fraction of sp³-hybridized carbons (Fsp3) is 0.462. The predicted octanol–water partition coefficient (Wildman–Crippen LogP) is 3.97. The Labute approximate surface area is 145 Å². The lowest BCUT2D eigenvalue weighted by Crippen LogP contribution is -2.45. The molecule has 108 valence electrons. The van der Waals surface area contributed by atoms with Gasteiger partial charge in [-0.1, -0.05) is 27.5 Å². The molecule has 0 heterocycles. The third-order valence-electron chi connectivity index (χ3n) is 2.17. The van der Waals surface area contributed by atoms with Crippen molar-refractivity contribution in [3.05, 3.63) is 33.3 Å². The first-order valence-corrected chi connectivity index (χ1v) is 6.97. The van der Waals surface area contributed by atoms with Crippen LogP contribution in [0.1, 0.15) is 26.3 Å². The molecule has 0 atom stereocenters. The summed E-state index contributed by atoms with van der Waals surface area (Å²) in [5, 5.41) is 3.86. The molecule has 0 amide bonds. The minimum Gasteiger partial charge on any atom is -0.370 e. The van der Waals surface area contributed by atoms with E-state index in [1.165, 1.54) is 0 Å². The molecule has 0 unspecified atom stereocenters. The molecule has 0 radical (unpaired) electrons. The second-order valence-corrected chi connectivity index (χ2v) is 6.42. The van der Waals surface area contributed by atoms with Crippen molar-refractivity contribution in [2.24, 2.45) is 10.7 Å². The van der Waals surface area contributed by atoms with Crippen molar-refractivity contribution in [2.75, 3.05) is 6.54 Å². The maximum absolute atomic E-state index is 5.95. The lowest BCUT2D eigenvalue weighted by Gasteiger charge is -2.21. The molecule has 0 bridgehead atoms. The van der Waals surface area contributed by atoms with Crippen molar-refractivity contribution in [3.8, 4) is 0 Å². The molecule has 19 heavy (non-hydrogen) atoms. The van der Waals surface area contributed by atoms with E-state index in [4.69, 9.17) is 17.3 Å². The Morgan fingerprint density at radius 2 is 2.05 bits per heavy atom. The summed E-state index contributed by atoms with van der Waals surface area (Å²) in [7, 11) is 0. The summed E-state index contributed by atoms with van der Waals surface area (Å²) in [5.74, 6) is 0.473. The molecule has 0 aliphatic rings. The number of nitrogens with zero attached hydrogens (tertiary/aromatic N) is 1. The Hall–Kier alpha value is -0.0100. The van der Waals surface area contributed by atoms with Crippen LogP contribution in [-0.4, -0.2) is 18.0 Å². The van der Waals surface area contributed by atoms with Gasteiger partial charge in [0.2, 0.25) is 0 Å².